The number of hydrogen-bond acceptors (Lipinski definition) is 7. The van der Waals surface area contributed by atoms with Gasteiger partial charge in [-0.3, -0.25) is 9.59 Å². The summed E-state index contributed by atoms with van der Waals surface area (Å²) in [4.78, 5) is 25.9. The van der Waals surface area contributed by atoms with Crippen molar-refractivity contribution >= 4 is 17.3 Å². The minimum Gasteiger partial charge on any atom is -0.399 e. The second kappa shape index (κ2) is 10.1. The molecule has 45 heavy (non-hydrogen) atoms. The van der Waals surface area contributed by atoms with Gasteiger partial charge < -0.3 is 25.4 Å². The molecule has 1 saturated heterocycles. The van der Waals surface area contributed by atoms with E-state index in [1.54, 1.807) is 6.92 Å². The molecule has 9 heteroatoms. The molecule has 5 aliphatic rings. The van der Waals surface area contributed by atoms with E-state index in [0.717, 1.165) is 17.2 Å². The number of Topliss-reactive ketones (excluding diaryl/α,β-unsaturated/α-hetero) is 1. The Morgan fingerprint density at radius 3 is 2.53 bits per heavy atom. The summed E-state index contributed by atoms with van der Waals surface area (Å²) in [6, 6.07) is 15.4. The number of aliphatic hydroxyl groups is 2. The monoisotopic (exact) mass is 619 g/mol. The van der Waals surface area contributed by atoms with E-state index in [-0.39, 0.29) is 30.8 Å². The van der Waals surface area contributed by atoms with Crippen LogP contribution in [0.3, 0.4) is 0 Å². The summed E-state index contributed by atoms with van der Waals surface area (Å²) in [5.41, 5.74) is 2.83. The summed E-state index contributed by atoms with van der Waals surface area (Å²) in [7, 11) is 0. The van der Waals surface area contributed by atoms with Crippen LogP contribution in [-0.2, 0) is 19.1 Å². The molecule has 238 valence electrons. The SMILES string of the molecule is C[C@H](c1ccc([C@H]2O[C@@H]3C[C@H]4[C@@H]5C[C@H](F)C6=CC(=O)C=C[C@]6(C)[C@@]5(F)[C@@H](O)C[C@]4(C)[C@]3(C(=O)CO)O2)cc1)c1cccc(N)c1. The maximum absolute atomic E-state index is 17.6. The van der Waals surface area contributed by atoms with Crippen LogP contribution in [0.2, 0.25) is 0 Å². The molecule has 3 saturated carbocycles. The van der Waals surface area contributed by atoms with Gasteiger partial charge in [0.05, 0.1) is 12.2 Å². The number of carbonyl (C=O) groups excluding carboxylic acids is 2. The van der Waals surface area contributed by atoms with Gasteiger partial charge in [-0.2, -0.15) is 0 Å². The Kier molecular flexibility index (Phi) is 6.85. The standard InChI is InChI=1S/C36H39F2NO6/c1-19(22-5-4-6-23(39)13-22)20-7-9-21(10-8-20)32-44-31-16-25-26-15-28(37)27-14-24(41)11-12-33(27,2)35(26,38)29(42)17-34(25,3)36(31,45-32)30(43)18-40/h4-14,19,25-26,28-29,31-32,40,42H,15-18,39H2,1-3H3/t19-,25+,26+,28+,29+,31-,32+,33+,34+,35+,36-/m1/s1. The minimum atomic E-state index is -2.29. The first-order chi connectivity index (χ1) is 21.3. The molecule has 1 aliphatic heterocycles. The van der Waals surface area contributed by atoms with Crippen molar-refractivity contribution in [3.05, 3.63) is 89.0 Å². The molecule has 2 aromatic carbocycles. The third-order valence-electron chi connectivity index (χ3n) is 12.0. The number of benzene rings is 2. The fraction of sp³-hybridized carbons (Fsp3) is 0.500. The van der Waals surface area contributed by atoms with Crippen molar-refractivity contribution in [2.75, 3.05) is 12.3 Å². The van der Waals surface area contributed by atoms with Crippen LogP contribution < -0.4 is 5.73 Å². The lowest BCUT2D eigenvalue weighted by Gasteiger charge is -2.63. The molecule has 0 spiro atoms. The zero-order valence-electron chi connectivity index (χ0n) is 25.6. The predicted octanol–water partition coefficient (Wildman–Crippen LogP) is 5.06. The lowest BCUT2D eigenvalue weighted by Crippen LogP contribution is -2.70. The predicted molar refractivity (Wildman–Crippen MR) is 162 cm³/mol. The molecular formula is C36H39F2NO6. The van der Waals surface area contributed by atoms with E-state index in [4.69, 9.17) is 15.2 Å². The van der Waals surface area contributed by atoms with Gasteiger partial charge in [0.1, 0.15) is 12.8 Å². The maximum atomic E-state index is 17.6. The van der Waals surface area contributed by atoms with Crippen LogP contribution in [0, 0.1) is 22.7 Å². The van der Waals surface area contributed by atoms with Gasteiger partial charge in [0.2, 0.25) is 0 Å². The fourth-order valence-electron chi connectivity index (χ4n) is 9.68. The van der Waals surface area contributed by atoms with Crippen molar-refractivity contribution in [1.29, 1.82) is 0 Å². The average molecular weight is 620 g/mol. The Morgan fingerprint density at radius 1 is 1.11 bits per heavy atom. The molecule has 4 aliphatic carbocycles. The largest absolute Gasteiger partial charge is 0.399 e. The highest BCUT2D eigenvalue weighted by molar-refractivity contribution is 6.01. The zero-order chi connectivity index (χ0) is 32.1. The van der Waals surface area contributed by atoms with Gasteiger partial charge in [-0.15, -0.1) is 0 Å². The van der Waals surface area contributed by atoms with E-state index in [1.807, 2.05) is 48.5 Å². The Labute approximate surface area is 261 Å². The molecular weight excluding hydrogens is 580 g/mol. The summed E-state index contributed by atoms with van der Waals surface area (Å²) < 4.78 is 46.4. The molecule has 0 bridgehead atoms. The topological polar surface area (TPSA) is 119 Å². The third-order valence-corrected chi connectivity index (χ3v) is 12.0. The van der Waals surface area contributed by atoms with Crippen LogP contribution in [0.15, 0.2) is 72.3 Å². The number of allylic oxidation sites excluding steroid dienone is 4. The van der Waals surface area contributed by atoms with Crippen LogP contribution in [0.1, 0.15) is 68.9 Å². The van der Waals surface area contributed by atoms with Gasteiger partial charge in [0.25, 0.3) is 0 Å². The van der Waals surface area contributed by atoms with Gasteiger partial charge in [-0.05, 0) is 73.1 Å². The van der Waals surface area contributed by atoms with Crippen molar-refractivity contribution in [3.8, 4) is 0 Å². The third kappa shape index (κ3) is 3.93. The normalized spacial score (nSPS) is 42.3. The number of ether oxygens (including phenoxy) is 2. The van der Waals surface area contributed by atoms with Gasteiger partial charge in [-0.25, -0.2) is 8.78 Å². The van der Waals surface area contributed by atoms with Crippen LogP contribution in [0.25, 0.3) is 0 Å². The molecule has 0 aromatic heterocycles. The van der Waals surface area contributed by atoms with E-state index in [2.05, 4.69) is 6.92 Å². The van der Waals surface area contributed by atoms with Crippen LogP contribution in [-0.4, -0.2) is 58.0 Å². The molecule has 4 N–H and O–H groups in total. The fourth-order valence-corrected chi connectivity index (χ4v) is 9.68. The van der Waals surface area contributed by atoms with Crippen molar-refractivity contribution in [3.63, 3.8) is 0 Å². The van der Waals surface area contributed by atoms with E-state index < -0.39 is 76.8 Å². The summed E-state index contributed by atoms with van der Waals surface area (Å²) >= 11 is 0. The number of nitrogens with two attached hydrogens (primary N) is 1. The number of alkyl halides is 2. The number of hydrogen-bond donors (Lipinski definition) is 3. The zero-order valence-corrected chi connectivity index (χ0v) is 25.6. The van der Waals surface area contributed by atoms with Crippen LogP contribution in [0.4, 0.5) is 14.5 Å². The number of anilines is 1. The summed E-state index contributed by atoms with van der Waals surface area (Å²) in [5, 5.41) is 21.9. The number of halogens is 2. The number of fused-ring (bicyclic) bond motifs is 7. The first-order valence-corrected chi connectivity index (χ1v) is 15.7. The van der Waals surface area contributed by atoms with Gasteiger partial charge >= 0.3 is 0 Å². The first kappa shape index (κ1) is 30.4. The molecule has 11 atom stereocenters. The number of ketones is 2. The highest BCUT2D eigenvalue weighted by Crippen LogP contribution is 2.72. The van der Waals surface area contributed by atoms with Gasteiger partial charge in [0, 0.05) is 33.9 Å². The molecule has 0 amide bonds. The first-order valence-electron chi connectivity index (χ1n) is 15.7. The van der Waals surface area contributed by atoms with Crippen LogP contribution >= 0.6 is 0 Å². The van der Waals surface area contributed by atoms with E-state index >= 15 is 8.78 Å². The summed E-state index contributed by atoms with van der Waals surface area (Å²) in [6.45, 7) is 4.57. The number of nitrogen functional groups attached to an aromatic ring is 1. The Balaban J connectivity index is 1.22. The minimum absolute atomic E-state index is 0.0387. The second-order valence-electron chi connectivity index (χ2n) is 14.0. The highest BCUT2D eigenvalue weighted by atomic mass is 19.1. The molecule has 0 unspecified atom stereocenters. The van der Waals surface area contributed by atoms with Crippen LogP contribution in [0.5, 0.6) is 0 Å². The quantitative estimate of drug-likeness (QED) is 0.400. The smallest absolute Gasteiger partial charge is 0.193 e. The lowest BCUT2D eigenvalue weighted by molar-refractivity contribution is -0.235. The molecule has 1 heterocycles. The molecule has 4 fully saturated rings. The molecule has 7 rings (SSSR count). The Morgan fingerprint density at radius 2 is 1.84 bits per heavy atom. The highest BCUT2D eigenvalue weighted by Gasteiger charge is 2.80. The lowest BCUT2D eigenvalue weighted by atomic mass is 9.44. The number of aliphatic hydroxyl groups excluding tert-OH is 2. The van der Waals surface area contributed by atoms with E-state index in [1.165, 1.54) is 19.1 Å². The summed E-state index contributed by atoms with van der Waals surface area (Å²) in [5.74, 6) is -2.54. The molecule has 7 nitrogen and oxygen atoms in total. The Hall–Kier alpha value is -3.24. The van der Waals surface area contributed by atoms with E-state index in [0.29, 0.717) is 11.3 Å². The van der Waals surface area contributed by atoms with Crippen molar-refractivity contribution in [2.45, 2.75) is 81.9 Å². The van der Waals surface area contributed by atoms with Crippen molar-refractivity contribution in [1.82, 2.24) is 0 Å². The molecule has 0 radical (unpaired) electrons. The summed E-state index contributed by atoms with van der Waals surface area (Å²) in [6.07, 6.45) is -1.42. The van der Waals surface area contributed by atoms with Crippen molar-refractivity contribution < 1.29 is 38.1 Å². The van der Waals surface area contributed by atoms with Gasteiger partial charge in [-0.1, -0.05) is 56.3 Å². The maximum Gasteiger partial charge on any atom is 0.193 e. The second-order valence-corrected chi connectivity index (χ2v) is 14.0. The van der Waals surface area contributed by atoms with Crippen molar-refractivity contribution in [2.24, 2.45) is 22.7 Å². The number of carbonyl (C=O) groups is 2. The van der Waals surface area contributed by atoms with Gasteiger partial charge in [0.15, 0.2) is 29.1 Å². The Bertz CT molecular complexity index is 1630. The molecule has 2 aromatic rings. The number of rotatable bonds is 5. The van der Waals surface area contributed by atoms with E-state index in [9.17, 15) is 19.8 Å². The average Bonchev–Trinajstić information content (AvgIpc) is 3.52.